The minimum Gasteiger partial charge on any atom is -0.377 e. The summed E-state index contributed by atoms with van der Waals surface area (Å²) >= 11 is 0. The molecule has 0 fully saturated rings. The number of aromatic nitrogens is 1. The summed E-state index contributed by atoms with van der Waals surface area (Å²) in [5.41, 5.74) is 10.3. The van der Waals surface area contributed by atoms with E-state index < -0.39 is 0 Å². The molecule has 1 N–H and O–H groups in total. The Balaban J connectivity index is 0.00000144. The van der Waals surface area contributed by atoms with Crippen molar-refractivity contribution in [3.05, 3.63) is 114 Å². The second-order valence-corrected chi connectivity index (χ2v) is 10.5. The van der Waals surface area contributed by atoms with Crippen LogP contribution in [0.2, 0.25) is 0 Å². The van der Waals surface area contributed by atoms with Crippen LogP contribution in [0.1, 0.15) is 65.5 Å². The van der Waals surface area contributed by atoms with E-state index in [0.717, 1.165) is 12.8 Å². The van der Waals surface area contributed by atoms with E-state index in [1.807, 2.05) is 13.8 Å². The fraction of sp³-hybridized carbons (Fsp3) is 0.278. The van der Waals surface area contributed by atoms with E-state index in [1.54, 1.807) is 0 Å². The lowest BCUT2D eigenvalue weighted by molar-refractivity contribution is 0.507. The number of para-hydroxylation sites is 1. The molecule has 1 aliphatic heterocycles. The number of nitrogens with one attached hydrogen (secondary N) is 1. The Kier molecular flexibility index (Phi) is 7.17. The molecule has 0 saturated carbocycles. The van der Waals surface area contributed by atoms with Crippen LogP contribution in [0.25, 0.3) is 33.1 Å². The summed E-state index contributed by atoms with van der Waals surface area (Å²) in [7, 11) is 0. The van der Waals surface area contributed by atoms with Gasteiger partial charge in [-0.25, -0.2) is 0 Å². The Morgan fingerprint density at radius 2 is 1.68 bits per heavy atom. The predicted octanol–water partition coefficient (Wildman–Crippen LogP) is 10.1. The maximum atomic E-state index is 3.91. The zero-order chi connectivity index (χ0) is 26.9. The molecule has 2 heterocycles. The van der Waals surface area contributed by atoms with Gasteiger partial charge in [-0.2, -0.15) is 0 Å². The van der Waals surface area contributed by atoms with E-state index in [0.29, 0.717) is 0 Å². The van der Waals surface area contributed by atoms with Crippen LogP contribution in [0.5, 0.6) is 0 Å². The van der Waals surface area contributed by atoms with Crippen molar-refractivity contribution < 1.29 is 0 Å². The van der Waals surface area contributed by atoms with E-state index in [9.17, 15) is 0 Å². The molecule has 1 aliphatic carbocycles. The molecule has 1 unspecified atom stereocenters. The normalized spacial score (nSPS) is 18.3. The van der Waals surface area contributed by atoms with Gasteiger partial charge in [-0.15, -0.1) is 0 Å². The number of benzene rings is 3. The highest BCUT2D eigenvalue weighted by Crippen LogP contribution is 2.49. The minimum atomic E-state index is -0.0571. The van der Waals surface area contributed by atoms with Crippen LogP contribution in [0.15, 0.2) is 103 Å². The van der Waals surface area contributed by atoms with E-state index in [-0.39, 0.29) is 11.5 Å². The van der Waals surface area contributed by atoms with Gasteiger partial charge in [0.15, 0.2) is 0 Å². The Morgan fingerprint density at radius 1 is 0.921 bits per heavy atom. The van der Waals surface area contributed by atoms with E-state index >= 15 is 0 Å². The highest BCUT2D eigenvalue weighted by Gasteiger charge is 2.43. The van der Waals surface area contributed by atoms with Gasteiger partial charge in [0.1, 0.15) is 0 Å². The summed E-state index contributed by atoms with van der Waals surface area (Å²) in [6.07, 6.45) is 15.8. The van der Waals surface area contributed by atoms with Crippen LogP contribution >= 0.6 is 0 Å². The summed E-state index contributed by atoms with van der Waals surface area (Å²) in [6, 6.07) is 22.7. The topological polar surface area (TPSA) is 17.0 Å². The molecule has 0 spiro atoms. The van der Waals surface area contributed by atoms with Gasteiger partial charge in [-0.1, -0.05) is 101 Å². The lowest BCUT2D eigenvalue weighted by Crippen LogP contribution is -2.35. The molecular formula is C36H40N2. The number of anilines is 1. The highest BCUT2D eigenvalue weighted by atomic mass is 15.0. The second kappa shape index (κ2) is 10.5. The third kappa shape index (κ3) is 4.13. The molecule has 6 rings (SSSR count). The number of nitrogens with zero attached hydrogens (tertiary/aromatic N) is 1. The van der Waals surface area contributed by atoms with Gasteiger partial charge in [-0.3, -0.25) is 0 Å². The molecule has 3 aromatic carbocycles. The number of allylic oxidation sites excluding steroid dienone is 6. The SMILES string of the molecule is C/C=C\C(=C/C)c1ccc(-n2c3ccccc3c3ccc4c(c32)C(C)(C)C(C2=CCCC=C2)N4)cc1.CC. The number of hydrogen-bond donors (Lipinski definition) is 1. The van der Waals surface area contributed by atoms with Gasteiger partial charge in [0.2, 0.25) is 0 Å². The fourth-order valence-electron chi connectivity index (χ4n) is 6.27. The van der Waals surface area contributed by atoms with E-state index in [2.05, 4.69) is 135 Å². The van der Waals surface area contributed by atoms with Gasteiger partial charge in [-0.05, 0) is 67.7 Å². The van der Waals surface area contributed by atoms with Crippen LogP contribution in [0.4, 0.5) is 5.69 Å². The van der Waals surface area contributed by atoms with Crippen LogP contribution < -0.4 is 5.32 Å². The molecule has 2 nitrogen and oxygen atoms in total. The first kappa shape index (κ1) is 25.9. The number of rotatable bonds is 4. The van der Waals surface area contributed by atoms with Crippen LogP contribution in [0.3, 0.4) is 0 Å². The average Bonchev–Trinajstić information content (AvgIpc) is 3.44. The fourth-order valence-corrected chi connectivity index (χ4v) is 6.27. The van der Waals surface area contributed by atoms with Gasteiger partial charge in [0, 0.05) is 33.1 Å². The van der Waals surface area contributed by atoms with Gasteiger partial charge in [0.05, 0.1) is 17.1 Å². The highest BCUT2D eigenvalue weighted by molar-refractivity contribution is 6.12. The second-order valence-electron chi connectivity index (χ2n) is 10.5. The minimum absolute atomic E-state index is 0.0571. The Morgan fingerprint density at radius 3 is 2.37 bits per heavy atom. The Labute approximate surface area is 228 Å². The molecule has 1 atom stereocenters. The van der Waals surface area contributed by atoms with E-state index in [4.69, 9.17) is 0 Å². The third-order valence-electron chi connectivity index (χ3n) is 7.98. The van der Waals surface area contributed by atoms with Crippen molar-refractivity contribution in [2.24, 2.45) is 0 Å². The average molecular weight is 501 g/mol. The van der Waals surface area contributed by atoms with Crippen molar-refractivity contribution in [1.29, 1.82) is 0 Å². The Hall–Kier alpha value is -3.78. The standard InChI is InChI=1S/C34H34N2.C2H6/c1-5-12-23(6-2)24-17-19-26(20-18-24)36-30-16-11-10-15-27(30)28-21-22-29-31(32(28)36)34(3,4)33(35-29)25-13-8-7-9-14-25;1-2/h5-6,8,10-22,33,35H,7,9H2,1-4H3;1-2H3/b12-5-,23-6+;. The van der Waals surface area contributed by atoms with Gasteiger partial charge >= 0.3 is 0 Å². The van der Waals surface area contributed by atoms with Crippen LogP contribution in [-0.2, 0) is 5.41 Å². The summed E-state index contributed by atoms with van der Waals surface area (Å²) in [6.45, 7) is 13.0. The monoisotopic (exact) mass is 500 g/mol. The summed E-state index contributed by atoms with van der Waals surface area (Å²) in [5.74, 6) is 0. The van der Waals surface area contributed by atoms with Crippen molar-refractivity contribution in [2.45, 2.75) is 65.8 Å². The van der Waals surface area contributed by atoms with Crippen LogP contribution in [0, 0.1) is 0 Å². The molecule has 4 aromatic rings. The zero-order valence-electron chi connectivity index (χ0n) is 23.7. The van der Waals surface area contributed by atoms with Crippen molar-refractivity contribution in [3.63, 3.8) is 0 Å². The first-order valence-electron chi connectivity index (χ1n) is 14.1. The van der Waals surface area contributed by atoms with Crippen molar-refractivity contribution >= 4 is 33.1 Å². The lowest BCUT2D eigenvalue weighted by Gasteiger charge is -2.30. The molecular weight excluding hydrogens is 460 g/mol. The molecule has 0 amide bonds. The molecule has 1 aromatic heterocycles. The van der Waals surface area contributed by atoms with Crippen molar-refractivity contribution in [1.82, 2.24) is 4.57 Å². The number of fused-ring (bicyclic) bond motifs is 5. The molecule has 0 radical (unpaired) electrons. The largest absolute Gasteiger partial charge is 0.377 e. The summed E-state index contributed by atoms with van der Waals surface area (Å²) in [4.78, 5) is 0. The zero-order valence-corrected chi connectivity index (χ0v) is 23.7. The predicted molar refractivity (Wildman–Crippen MR) is 167 cm³/mol. The molecule has 38 heavy (non-hydrogen) atoms. The maximum Gasteiger partial charge on any atom is 0.0603 e. The third-order valence-corrected chi connectivity index (χ3v) is 7.98. The number of hydrogen-bond acceptors (Lipinski definition) is 1. The molecule has 2 aliphatic rings. The molecule has 0 bridgehead atoms. The maximum absolute atomic E-state index is 3.91. The van der Waals surface area contributed by atoms with E-state index in [1.165, 1.54) is 55.5 Å². The lowest BCUT2D eigenvalue weighted by atomic mass is 9.76. The smallest absolute Gasteiger partial charge is 0.0603 e. The molecule has 0 saturated heterocycles. The van der Waals surface area contributed by atoms with Gasteiger partial charge < -0.3 is 9.88 Å². The summed E-state index contributed by atoms with van der Waals surface area (Å²) < 4.78 is 2.48. The first-order chi connectivity index (χ1) is 18.5. The van der Waals surface area contributed by atoms with Crippen molar-refractivity contribution in [2.75, 3.05) is 5.32 Å². The molecule has 194 valence electrons. The quantitative estimate of drug-likeness (QED) is 0.276. The van der Waals surface area contributed by atoms with Gasteiger partial charge in [0.25, 0.3) is 0 Å². The van der Waals surface area contributed by atoms with Crippen LogP contribution in [-0.4, -0.2) is 10.6 Å². The first-order valence-corrected chi connectivity index (χ1v) is 14.1. The van der Waals surface area contributed by atoms with Crippen molar-refractivity contribution in [3.8, 4) is 5.69 Å². The molecule has 2 heteroatoms. The summed E-state index contributed by atoms with van der Waals surface area (Å²) in [5, 5.41) is 6.53. The Bertz CT molecular complexity index is 1590.